The summed E-state index contributed by atoms with van der Waals surface area (Å²) >= 11 is 0. The summed E-state index contributed by atoms with van der Waals surface area (Å²) in [5, 5.41) is 2.94. The lowest BCUT2D eigenvalue weighted by Gasteiger charge is -2.24. The van der Waals surface area contributed by atoms with Crippen LogP contribution in [0.5, 0.6) is 0 Å². The molecule has 92 valence electrons. The van der Waals surface area contributed by atoms with E-state index < -0.39 is 23.6 Å². The molecule has 1 aromatic rings. The lowest BCUT2D eigenvalue weighted by molar-refractivity contribution is -0.145. The van der Waals surface area contributed by atoms with E-state index >= 15 is 0 Å². The molecule has 5 heteroatoms. The molecule has 0 amide bonds. The molecule has 1 N–H and O–H groups in total. The Labute approximate surface area is 97.8 Å². The van der Waals surface area contributed by atoms with Crippen molar-refractivity contribution in [1.82, 2.24) is 5.32 Å². The Morgan fingerprint density at radius 2 is 2.29 bits per heavy atom. The van der Waals surface area contributed by atoms with Crippen LogP contribution in [-0.4, -0.2) is 18.6 Å². The Hall–Kier alpha value is -1.49. The molecule has 17 heavy (non-hydrogen) atoms. The van der Waals surface area contributed by atoms with E-state index in [1.165, 1.54) is 6.07 Å². The van der Waals surface area contributed by atoms with E-state index in [0.29, 0.717) is 12.1 Å². The fraction of sp³-hybridized carbons (Fsp3) is 0.417. The monoisotopic (exact) mass is 241 g/mol. The Kier molecular flexibility index (Phi) is 3.38. The van der Waals surface area contributed by atoms with Crippen LogP contribution in [0.2, 0.25) is 0 Å². The molecule has 3 nitrogen and oxygen atoms in total. The van der Waals surface area contributed by atoms with Crippen LogP contribution in [0.25, 0.3) is 0 Å². The molecule has 2 rings (SSSR count). The molecule has 1 aliphatic rings. The van der Waals surface area contributed by atoms with Gasteiger partial charge in [0.05, 0.1) is 6.61 Å². The number of ether oxygens (including phenoxy) is 1. The number of carbonyl (C=O) groups is 1. The van der Waals surface area contributed by atoms with E-state index in [1.807, 2.05) is 0 Å². The van der Waals surface area contributed by atoms with Gasteiger partial charge in [-0.15, -0.1) is 0 Å². The Morgan fingerprint density at radius 1 is 1.53 bits per heavy atom. The molecule has 1 heterocycles. The number of hydrogen-bond acceptors (Lipinski definition) is 3. The first-order valence-corrected chi connectivity index (χ1v) is 5.49. The zero-order valence-electron chi connectivity index (χ0n) is 9.43. The zero-order valence-corrected chi connectivity index (χ0v) is 9.43. The zero-order chi connectivity index (χ0) is 12.4. The molecule has 0 fully saturated rings. The third-order valence-electron chi connectivity index (χ3n) is 2.81. The topological polar surface area (TPSA) is 38.3 Å². The van der Waals surface area contributed by atoms with Gasteiger partial charge in [0.25, 0.3) is 0 Å². The van der Waals surface area contributed by atoms with Gasteiger partial charge in [0.1, 0.15) is 6.04 Å². The first kappa shape index (κ1) is 12.0. The molecule has 0 radical (unpaired) electrons. The summed E-state index contributed by atoms with van der Waals surface area (Å²) in [6.45, 7) is 2.32. The second kappa shape index (κ2) is 4.79. The van der Waals surface area contributed by atoms with Crippen LogP contribution >= 0.6 is 0 Å². The van der Waals surface area contributed by atoms with Crippen LogP contribution in [-0.2, 0) is 22.5 Å². The summed E-state index contributed by atoms with van der Waals surface area (Å²) in [6, 6.07) is 2.03. The molecule has 0 saturated heterocycles. The van der Waals surface area contributed by atoms with Crippen molar-refractivity contribution in [2.24, 2.45) is 0 Å². The maximum Gasteiger partial charge on any atom is 0.323 e. The molecule has 1 aliphatic heterocycles. The number of fused-ring (bicyclic) bond motifs is 1. The number of hydrogen-bond donors (Lipinski definition) is 1. The third kappa shape index (κ3) is 2.29. The molecular formula is C12H13F2NO2. The smallest absolute Gasteiger partial charge is 0.323 e. The van der Waals surface area contributed by atoms with Crippen molar-refractivity contribution in [3.63, 3.8) is 0 Å². The molecule has 0 saturated carbocycles. The van der Waals surface area contributed by atoms with Gasteiger partial charge in [-0.1, -0.05) is 6.07 Å². The lowest BCUT2D eigenvalue weighted by Crippen LogP contribution is -2.43. The normalized spacial score (nSPS) is 18.6. The summed E-state index contributed by atoms with van der Waals surface area (Å²) in [7, 11) is 0. The van der Waals surface area contributed by atoms with Crippen molar-refractivity contribution in [1.29, 1.82) is 0 Å². The quantitative estimate of drug-likeness (QED) is 0.798. The fourth-order valence-corrected chi connectivity index (χ4v) is 1.94. The highest BCUT2D eigenvalue weighted by atomic mass is 19.2. The van der Waals surface area contributed by atoms with E-state index in [9.17, 15) is 13.6 Å². The van der Waals surface area contributed by atoms with Crippen molar-refractivity contribution in [2.75, 3.05) is 6.61 Å². The summed E-state index contributed by atoms with van der Waals surface area (Å²) in [5.41, 5.74) is 0.950. The second-order valence-electron chi connectivity index (χ2n) is 3.89. The highest BCUT2D eigenvalue weighted by Gasteiger charge is 2.28. The fourth-order valence-electron chi connectivity index (χ4n) is 1.94. The van der Waals surface area contributed by atoms with Gasteiger partial charge >= 0.3 is 5.97 Å². The summed E-state index contributed by atoms with van der Waals surface area (Å²) < 4.78 is 31.5. The van der Waals surface area contributed by atoms with Crippen LogP contribution in [0.4, 0.5) is 8.78 Å². The first-order valence-electron chi connectivity index (χ1n) is 5.49. The van der Waals surface area contributed by atoms with Gasteiger partial charge in [-0.05, 0) is 24.1 Å². The Bertz CT molecular complexity index is 448. The molecule has 1 atom stereocenters. The maximum absolute atomic E-state index is 13.6. The van der Waals surface area contributed by atoms with E-state index in [4.69, 9.17) is 4.74 Å². The van der Waals surface area contributed by atoms with Gasteiger partial charge in [-0.2, -0.15) is 0 Å². The van der Waals surface area contributed by atoms with E-state index in [-0.39, 0.29) is 18.6 Å². The van der Waals surface area contributed by atoms with Crippen molar-refractivity contribution >= 4 is 5.97 Å². The minimum Gasteiger partial charge on any atom is -0.465 e. The van der Waals surface area contributed by atoms with Gasteiger partial charge in [0, 0.05) is 13.0 Å². The van der Waals surface area contributed by atoms with Crippen molar-refractivity contribution in [3.05, 3.63) is 34.9 Å². The average molecular weight is 241 g/mol. The van der Waals surface area contributed by atoms with Gasteiger partial charge in [0.15, 0.2) is 11.6 Å². The number of nitrogens with one attached hydrogen (secondary N) is 1. The van der Waals surface area contributed by atoms with Crippen LogP contribution < -0.4 is 5.32 Å². The molecule has 0 spiro atoms. The highest BCUT2D eigenvalue weighted by molar-refractivity contribution is 5.76. The average Bonchev–Trinajstić information content (AvgIpc) is 2.34. The summed E-state index contributed by atoms with van der Waals surface area (Å²) in [6.07, 6.45) is 0.123. The highest BCUT2D eigenvalue weighted by Crippen LogP contribution is 2.22. The standard InChI is InChI=1S/C12H13F2NO2/c1-2-17-12(16)10-5-8-7(6-15-10)3-4-9(13)11(8)14/h3-4,10,15H,2,5-6H2,1H3. The minimum atomic E-state index is -0.881. The lowest BCUT2D eigenvalue weighted by atomic mass is 9.95. The second-order valence-corrected chi connectivity index (χ2v) is 3.89. The predicted octanol–water partition coefficient (Wildman–Crippen LogP) is 1.54. The van der Waals surface area contributed by atoms with Crippen molar-refractivity contribution in [3.8, 4) is 0 Å². The number of halogens is 2. The van der Waals surface area contributed by atoms with Crippen LogP contribution in [0.3, 0.4) is 0 Å². The van der Waals surface area contributed by atoms with E-state index in [0.717, 1.165) is 6.07 Å². The predicted molar refractivity (Wildman–Crippen MR) is 57.3 cm³/mol. The molecular weight excluding hydrogens is 228 g/mol. The van der Waals surface area contributed by atoms with Crippen molar-refractivity contribution < 1.29 is 18.3 Å². The molecule has 0 aromatic heterocycles. The van der Waals surface area contributed by atoms with Crippen molar-refractivity contribution in [2.45, 2.75) is 25.9 Å². The summed E-state index contributed by atoms with van der Waals surface area (Å²) in [5.74, 6) is -2.17. The van der Waals surface area contributed by atoms with Gasteiger partial charge in [-0.3, -0.25) is 4.79 Å². The summed E-state index contributed by atoms with van der Waals surface area (Å²) in [4.78, 5) is 11.5. The number of carbonyl (C=O) groups excluding carboxylic acids is 1. The molecule has 1 unspecified atom stereocenters. The Balaban J connectivity index is 2.23. The Morgan fingerprint density at radius 3 is 3.00 bits per heavy atom. The third-order valence-corrected chi connectivity index (χ3v) is 2.81. The van der Waals surface area contributed by atoms with Crippen LogP contribution in [0, 0.1) is 11.6 Å². The maximum atomic E-state index is 13.6. The van der Waals surface area contributed by atoms with Crippen LogP contribution in [0.1, 0.15) is 18.1 Å². The van der Waals surface area contributed by atoms with E-state index in [2.05, 4.69) is 5.32 Å². The SMILES string of the molecule is CCOC(=O)C1Cc2c(ccc(F)c2F)CN1. The van der Waals surface area contributed by atoms with Gasteiger partial charge < -0.3 is 10.1 Å². The number of rotatable bonds is 2. The molecule has 1 aromatic carbocycles. The first-order chi connectivity index (χ1) is 8.13. The largest absolute Gasteiger partial charge is 0.465 e. The van der Waals surface area contributed by atoms with E-state index in [1.54, 1.807) is 6.92 Å². The van der Waals surface area contributed by atoms with Gasteiger partial charge in [-0.25, -0.2) is 8.78 Å². The number of benzene rings is 1. The van der Waals surface area contributed by atoms with Gasteiger partial charge in [0.2, 0.25) is 0 Å². The minimum absolute atomic E-state index is 0.123. The molecule has 0 bridgehead atoms. The molecule has 0 aliphatic carbocycles. The number of esters is 1. The van der Waals surface area contributed by atoms with Crippen LogP contribution in [0.15, 0.2) is 12.1 Å².